The molecule has 0 fully saturated rings. The van der Waals surface area contributed by atoms with Gasteiger partial charge in [-0.05, 0) is 6.42 Å². The van der Waals surface area contributed by atoms with E-state index >= 15 is 0 Å². The molecular formula is C13H15NOS. The van der Waals surface area contributed by atoms with Crippen LogP contribution >= 0.6 is 11.3 Å². The maximum atomic E-state index is 9.23. The van der Waals surface area contributed by atoms with Gasteiger partial charge in [-0.1, -0.05) is 37.3 Å². The SMILES string of the molecule is CCC(CO)c1nc(-c2ccccc2)cs1. The van der Waals surface area contributed by atoms with E-state index in [0.717, 1.165) is 22.7 Å². The number of thiazole rings is 1. The first kappa shape index (κ1) is 11.3. The normalized spacial score (nSPS) is 12.6. The summed E-state index contributed by atoms with van der Waals surface area (Å²) >= 11 is 1.63. The zero-order chi connectivity index (χ0) is 11.4. The molecule has 0 radical (unpaired) electrons. The van der Waals surface area contributed by atoms with Gasteiger partial charge in [-0.3, -0.25) is 0 Å². The molecule has 1 aromatic heterocycles. The summed E-state index contributed by atoms with van der Waals surface area (Å²) < 4.78 is 0. The van der Waals surface area contributed by atoms with Crippen molar-refractivity contribution in [1.29, 1.82) is 0 Å². The summed E-state index contributed by atoms with van der Waals surface area (Å²) in [7, 11) is 0. The second-order valence-electron chi connectivity index (χ2n) is 3.72. The Labute approximate surface area is 99.6 Å². The molecule has 0 aliphatic carbocycles. The van der Waals surface area contributed by atoms with Crippen molar-refractivity contribution < 1.29 is 5.11 Å². The molecule has 0 amide bonds. The lowest BCUT2D eigenvalue weighted by atomic mass is 10.1. The van der Waals surface area contributed by atoms with E-state index in [0.29, 0.717) is 0 Å². The second kappa shape index (κ2) is 5.23. The standard InChI is InChI=1S/C13H15NOS/c1-2-10(8-15)13-14-12(9-16-13)11-6-4-3-5-7-11/h3-7,9-10,15H,2,8H2,1H3. The van der Waals surface area contributed by atoms with E-state index in [2.05, 4.69) is 29.4 Å². The third-order valence-electron chi connectivity index (χ3n) is 2.65. The molecule has 2 aromatic rings. The lowest BCUT2D eigenvalue weighted by Gasteiger charge is -2.06. The Morgan fingerprint density at radius 2 is 2.06 bits per heavy atom. The van der Waals surface area contributed by atoms with Crippen LogP contribution in [0.2, 0.25) is 0 Å². The third-order valence-corrected chi connectivity index (χ3v) is 3.66. The number of rotatable bonds is 4. The molecule has 0 saturated carbocycles. The fraction of sp³-hybridized carbons (Fsp3) is 0.308. The fourth-order valence-corrected chi connectivity index (χ4v) is 2.60. The lowest BCUT2D eigenvalue weighted by molar-refractivity contribution is 0.262. The van der Waals surface area contributed by atoms with Crippen LogP contribution in [-0.4, -0.2) is 16.7 Å². The number of aliphatic hydroxyl groups is 1. The average Bonchev–Trinajstić information content (AvgIpc) is 2.81. The number of hydrogen-bond acceptors (Lipinski definition) is 3. The van der Waals surface area contributed by atoms with Crippen molar-refractivity contribution in [3.8, 4) is 11.3 Å². The summed E-state index contributed by atoms with van der Waals surface area (Å²) in [6, 6.07) is 10.1. The molecule has 0 bridgehead atoms. The molecular weight excluding hydrogens is 218 g/mol. The van der Waals surface area contributed by atoms with Gasteiger partial charge in [0.1, 0.15) is 0 Å². The Kier molecular flexibility index (Phi) is 3.70. The van der Waals surface area contributed by atoms with E-state index in [4.69, 9.17) is 0 Å². The van der Waals surface area contributed by atoms with Gasteiger partial charge in [-0.25, -0.2) is 4.98 Å². The zero-order valence-electron chi connectivity index (χ0n) is 9.26. The smallest absolute Gasteiger partial charge is 0.0986 e. The van der Waals surface area contributed by atoms with Crippen LogP contribution in [0.15, 0.2) is 35.7 Å². The fourth-order valence-electron chi connectivity index (χ4n) is 1.60. The molecule has 1 unspecified atom stereocenters. The van der Waals surface area contributed by atoms with Gasteiger partial charge in [0.05, 0.1) is 17.3 Å². The Morgan fingerprint density at radius 1 is 1.31 bits per heavy atom. The van der Waals surface area contributed by atoms with Crippen LogP contribution in [0, 0.1) is 0 Å². The molecule has 84 valence electrons. The average molecular weight is 233 g/mol. The van der Waals surface area contributed by atoms with E-state index in [9.17, 15) is 5.11 Å². The van der Waals surface area contributed by atoms with Gasteiger partial charge >= 0.3 is 0 Å². The van der Waals surface area contributed by atoms with Crippen molar-refractivity contribution in [3.05, 3.63) is 40.7 Å². The van der Waals surface area contributed by atoms with E-state index < -0.39 is 0 Å². The van der Waals surface area contributed by atoms with Gasteiger partial charge in [-0.15, -0.1) is 11.3 Å². The first-order valence-electron chi connectivity index (χ1n) is 5.46. The first-order chi connectivity index (χ1) is 7.85. The minimum atomic E-state index is 0.179. The number of nitrogens with zero attached hydrogens (tertiary/aromatic N) is 1. The molecule has 16 heavy (non-hydrogen) atoms. The Morgan fingerprint density at radius 3 is 2.69 bits per heavy atom. The summed E-state index contributed by atoms with van der Waals surface area (Å²) in [5, 5.41) is 12.3. The molecule has 0 aliphatic rings. The Balaban J connectivity index is 2.26. The molecule has 1 N–H and O–H groups in total. The van der Waals surface area contributed by atoms with E-state index in [1.54, 1.807) is 11.3 Å². The van der Waals surface area contributed by atoms with Crippen molar-refractivity contribution in [2.24, 2.45) is 0 Å². The zero-order valence-corrected chi connectivity index (χ0v) is 10.1. The van der Waals surface area contributed by atoms with Crippen molar-refractivity contribution in [3.63, 3.8) is 0 Å². The van der Waals surface area contributed by atoms with Crippen LogP contribution in [0.4, 0.5) is 0 Å². The van der Waals surface area contributed by atoms with Crippen LogP contribution in [0.25, 0.3) is 11.3 Å². The summed E-state index contributed by atoms with van der Waals surface area (Å²) in [6.07, 6.45) is 0.929. The molecule has 2 nitrogen and oxygen atoms in total. The number of aromatic nitrogens is 1. The second-order valence-corrected chi connectivity index (χ2v) is 4.61. The molecule has 0 saturated heterocycles. The predicted molar refractivity (Wildman–Crippen MR) is 67.7 cm³/mol. The topological polar surface area (TPSA) is 33.1 Å². The predicted octanol–water partition coefficient (Wildman–Crippen LogP) is 3.30. The monoisotopic (exact) mass is 233 g/mol. The van der Waals surface area contributed by atoms with Crippen LogP contribution in [0.5, 0.6) is 0 Å². The van der Waals surface area contributed by atoms with Gasteiger partial charge in [0, 0.05) is 16.9 Å². The third kappa shape index (κ3) is 2.31. The number of aliphatic hydroxyl groups excluding tert-OH is 1. The van der Waals surface area contributed by atoms with Crippen LogP contribution in [0.3, 0.4) is 0 Å². The Bertz CT molecular complexity index is 434. The highest BCUT2D eigenvalue weighted by Gasteiger charge is 2.12. The molecule has 1 atom stereocenters. The summed E-state index contributed by atoms with van der Waals surface area (Å²) in [5.74, 6) is 0.183. The summed E-state index contributed by atoms with van der Waals surface area (Å²) in [4.78, 5) is 4.58. The van der Waals surface area contributed by atoms with Crippen LogP contribution in [-0.2, 0) is 0 Å². The highest BCUT2D eigenvalue weighted by molar-refractivity contribution is 7.10. The van der Waals surface area contributed by atoms with Crippen LogP contribution < -0.4 is 0 Å². The Hall–Kier alpha value is -1.19. The lowest BCUT2D eigenvalue weighted by Crippen LogP contribution is -2.01. The van der Waals surface area contributed by atoms with Crippen molar-refractivity contribution in [1.82, 2.24) is 4.98 Å². The molecule has 0 spiro atoms. The van der Waals surface area contributed by atoms with Crippen molar-refractivity contribution in [2.75, 3.05) is 6.61 Å². The van der Waals surface area contributed by atoms with Crippen molar-refractivity contribution >= 4 is 11.3 Å². The largest absolute Gasteiger partial charge is 0.396 e. The highest BCUT2D eigenvalue weighted by Crippen LogP contribution is 2.27. The molecule has 3 heteroatoms. The maximum Gasteiger partial charge on any atom is 0.0986 e. The maximum absolute atomic E-state index is 9.23. The molecule has 1 aromatic carbocycles. The minimum absolute atomic E-state index is 0.179. The van der Waals surface area contributed by atoms with Crippen LogP contribution in [0.1, 0.15) is 24.3 Å². The molecule has 2 rings (SSSR count). The quantitative estimate of drug-likeness (QED) is 0.879. The van der Waals surface area contributed by atoms with Crippen molar-refractivity contribution in [2.45, 2.75) is 19.3 Å². The minimum Gasteiger partial charge on any atom is -0.396 e. The highest BCUT2D eigenvalue weighted by atomic mass is 32.1. The van der Waals surface area contributed by atoms with E-state index in [1.165, 1.54) is 0 Å². The number of benzene rings is 1. The van der Waals surface area contributed by atoms with Gasteiger partial charge in [0.15, 0.2) is 0 Å². The number of hydrogen-bond donors (Lipinski definition) is 1. The van der Waals surface area contributed by atoms with Gasteiger partial charge in [0.2, 0.25) is 0 Å². The molecule has 0 aliphatic heterocycles. The summed E-state index contributed by atoms with van der Waals surface area (Å²) in [6.45, 7) is 2.25. The van der Waals surface area contributed by atoms with Gasteiger partial charge in [-0.2, -0.15) is 0 Å². The molecule has 1 heterocycles. The first-order valence-corrected chi connectivity index (χ1v) is 6.34. The van der Waals surface area contributed by atoms with Gasteiger partial charge in [0.25, 0.3) is 0 Å². The van der Waals surface area contributed by atoms with E-state index in [-0.39, 0.29) is 12.5 Å². The summed E-state index contributed by atoms with van der Waals surface area (Å²) in [5.41, 5.74) is 2.14. The van der Waals surface area contributed by atoms with E-state index in [1.807, 2.05) is 18.2 Å². The van der Waals surface area contributed by atoms with Gasteiger partial charge < -0.3 is 5.11 Å².